The molecule has 0 saturated heterocycles. The van der Waals surface area contributed by atoms with Gasteiger partial charge in [-0.05, 0) is 41.4 Å². The number of rotatable bonds is 3. The first kappa shape index (κ1) is 11.6. The number of carbonyl (C=O) groups is 1. The van der Waals surface area contributed by atoms with Gasteiger partial charge in [0.2, 0.25) is 0 Å². The highest BCUT2D eigenvalue weighted by Gasteiger charge is 2.18. The van der Waals surface area contributed by atoms with E-state index in [-0.39, 0.29) is 5.97 Å². The Labute approximate surface area is 108 Å². The van der Waals surface area contributed by atoms with Gasteiger partial charge in [0.25, 0.3) is 0 Å². The second-order valence-electron chi connectivity index (χ2n) is 3.88. The topological polar surface area (TPSA) is 44.1 Å². The molecule has 2 rings (SSSR count). The third-order valence-corrected chi connectivity index (χ3v) is 3.92. The van der Waals surface area contributed by atoms with Crippen LogP contribution in [0.2, 0.25) is 0 Å². The van der Waals surface area contributed by atoms with E-state index in [0.29, 0.717) is 18.1 Å². The highest BCUT2D eigenvalue weighted by molar-refractivity contribution is 14.1. The maximum Gasteiger partial charge on any atom is 0.342 e. The number of nitrogens with zero attached hydrogens (tertiary/aromatic N) is 2. The van der Waals surface area contributed by atoms with Gasteiger partial charge >= 0.3 is 5.97 Å². The molecular formula is C11H13IN2O2. The van der Waals surface area contributed by atoms with Crippen LogP contribution in [0.1, 0.15) is 23.2 Å². The van der Waals surface area contributed by atoms with Gasteiger partial charge in [0.1, 0.15) is 9.26 Å². The van der Waals surface area contributed by atoms with E-state index in [9.17, 15) is 4.79 Å². The van der Waals surface area contributed by atoms with Crippen LogP contribution in [0.15, 0.2) is 18.3 Å². The summed E-state index contributed by atoms with van der Waals surface area (Å²) in [6.07, 6.45) is 7.84. The molecule has 4 nitrogen and oxygen atoms in total. The number of allylic oxidation sites excluding steroid dienone is 2. The van der Waals surface area contributed by atoms with Crippen molar-refractivity contribution in [1.29, 1.82) is 0 Å². The fourth-order valence-electron chi connectivity index (χ4n) is 1.64. The number of hydrogen-bond donors (Lipinski definition) is 0. The summed E-state index contributed by atoms with van der Waals surface area (Å²) >= 11 is 2.09. The van der Waals surface area contributed by atoms with Gasteiger partial charge in [-0.2, -0.15) is 5.10 Å². The minimum Gasteiger partial charge on any atom is -0.462 e. The number of ether oxygens (including phenoxy) is 1. The molecule has 0 unspecified atom stereocenters. The number of halogens is 1. The summed E-state index contributed by atoms with van der Waals surface area (Å²) < 4.78 is 7.74. The second kappa shape index (κ2) is 4.99. The van der Waals surface area contributed by atoms with Crippen LogP contribution in [0.4, 0.5) is 0 Å². The van der Waals surface area contributed by atoms with Crippen LogP contribution in [-0.2, 0) is 11.8 Å². The first-order valence-electron chi connectivity index (χ1n) is 5.18. The molecular weight excluding hydrogens is 319 g/mol. The van der Waals surface area contributed by atoms with Gasteiger partial charge in [-0.1, -0.05) is 12.2 Å². The third kappa shape index (κ3) is 2.45. The Morgan fingerprint density at radius 3 is 2.88 bits per heavy atom. The van der Waals surface area contributed by atoms with E-state index in [1.807, 2.05) is 0 Å². The van der Waals surface area contributed by atoms with Crippen LogP contribution in [0, 0.1) is 9.62 Å². The lowest BCUT2D eigenvalue weighted by Crippen LogP contribution is -2.13. The minimum absolute atomic E-state index is 0.274. The normalized spacial score (nSPS) is 15.6. The van der Waals surface area contributed by atoms with Crippen LogP contribution >= 0.6 is 22.6 Å². The zero-order chi connectivity index (χ0) is 11.5. The highest BCUT2D eigenvalue weighted by atomic mass is 127. The Kier molecular flexibility index (Phi) is 3.63. The van der Waals surface area contributed by atoms with E-state index in [0.717, 1.165) is 16.5 Å². The monoisotopic (exact) mass is 332 g/mol. The van der Waals surface area contributed by atoms with Gasteiger partial charge in [0.15, 0.2) is 0 Å². The molecule has 0 spiro atoms. The number of carbonyl (C=O) groups excluding carboxylic acids is 1. The number of hydrogen-bond acceptors (Lipinski definition) is 3. The van der Waals surface area contributed by atoms with Crippen LogP contribution in [-0.4, -0.2) is 22.4 Å². The molecule has 1 heterocycles. The van der Waals surface area contributed by atoms with Crippen molar-refractivity contribution in [3.05, 3.63) is 27.6 Å². The van der Waals surface area contributed by atoms with Gasteiger partial charge in [0.05, 0.1) is 12.8 Å². The van der Waals surface area contributed by atoms with Gasteiger partial charge < -0.3 is 4.74 Å². The summed E-state index contributed by atoms with van der Waals surface area (Å²) in [5.74, 6) is 0.183. The first-order chi connectivity index (χ1) is 7.68. The van der Waals surface area contributed by atoms with Crippen molar-refractivity contribution in [2.24, 2.45) is 13.0 Å². The van der Waals surface area contributed by atoms with Crippen molar-refractivity contribution < 1.29 is 9.53 Å². The van der Waals surface area contributed by atoms with E-state index < -0.39 is 0 Å². The summed E-state index contributed by atoms with van der Waals surface area (Å²) in [6, 6.07) is 0. The predicted molar refractivity (Wildman–Crippen MR) is 68.1 cm³/mol. The average molecular weight is 332 g/mol. The molecule has 0 saturated carbocycles. The Balaban J connectivity index is 1.90. The standard InChI is InChI=1S/C11H13IN2O2/c1-14-10(12)9(6-13-14)11(15)16-7-8-4-2-3-5-8/h2-3,6,8H,4-5,7H2,1H3. The van der Waals surface area contributed by atoms with Crippen LogP contribution < -0.4 is 0 Å². The van der Waals surface area contributed by atoms with Gasteiger partial charge in [-0.25, -0.2) is 4.79 Å². The molecule has 5 heteroatoms. The predicted octanol–water partition coefficient (Wildman–Crippen LogP) is 2.15. The Hall–Kier alpha value is -0.850. The Morgan fingerprint density at radius 1 is 1.62 bits per heavy atom. The quantitative estimate of drug-likeness (QED) is 0.484. The smallest absolute Gasteiger partial charge is 0.342 e. The molecule has 0 bridgehead atoms. The van der Waals surface area contributed by atoms with Gasteiger partial charge in [-0.15, -0.1) is 0 Å². The van der Waals surface area contributed by atoms with Crippen molar-refractivity contribution in [2.75, 3.05) is 6.61 Å². The first-order valence-corrected chi connectivity index (χ1v) is 6.26. The SMILES string of the molecule is Cn1ncc(C(=O)OCC2CC=CC2)c1I. The zero-order valence-corrected chi connectivity index (χ0v) is 11.2. The molecule has 1 aliphatic rings. The maximum atomic E-state index is 11.7. The van der Waals surface area contributed by atoms with Crippen molar-refractivity contribution in [1.82, 2.24) is 9.78 Å². The lowest BCUT2D eigenvalue weighted by atomic mass is 10.1. The summed E-state index contributed by atoms with van der Waals surface area (Å²) in [5, 5.41) is 4.01. The van der Waals surface area contributed by atoms with Crippen molar-refractivity contribution in [3.8, 4) is 0 Å². The molecule has 0 aliphatic heterocycles. The molecule has 0 N–H and O–H groups in total. The maximum absolute atomic E-state index is 11.7. The molecule has 0 aromatic carbocycles. The number of aromatic nitrogens is 2. The molecule has 0 fully saturated rings. The summed E-state index contributed by atoms with van der Waals surface area (Å²) in [6.45, 7) is 0.497. The van der Waals surface area contributed by atoms with E-state index in [1.54, 1.807) is 17.9 Å². The van der Waals surface area contributed by atoms with Gasteiger partial charge in [0, 0.05) is 7.05 Å². The lowest BCUT2D eigenvalue weighted by molar-refractivity contribution is 0.0444. The van der Waals surface area contributed by atoms with E-state index in [1.165, 1.54) is 0 Å². The minimum atomic E-state index is -0.274. The molecule has 0 radical (unpaired) electrons. The average Bonchev–Trinajstić information content (AvgIpc) is 2.88. The molecule has 16 heavy (non-hydrogen) atoms. The van der Waals surface area contributed by atoms with Crippen molar-refractivity contribution in [2.45, 2.75) is 12.8 Å². The van der Waals surface area contributed by atoms with Crippen LogP contribution in [0.3, 0.4) is 0 Å². The number of esters is 1. The summed E-state index contributed by atoms with van der Waals surface area (Å²) in [7, 11) is 1.81. The van der Waals surface area contributed by atoms with Crippen LogP contribution in [0.25, 0.3) is 0 Å². The Bertz CT molecular complexity index is 418. The molecule has 1 aromatic rings. The van der Waals surface area contributed by atoms with Gasteiger partial charge in [-0.3, -0.25) is 4.68 Å². The molecule has 1 aromatic heterocycles. The molecule has 0 amide bonds. The largest absolute Gasteiger partial charge is 0.462 e. The fourth-order valence-corrected chi connectivity index (χ4v) is 2.12. The van der Waals surface area contributed by atoms with E-state index >= 15 is 0 Å². The number of aryl methyl sites for hydroxylation is 1. The third-order valence-electron chi connectivity index (χ3n) is 2.64. The van der Waals surface area contributed by atoms with E-state index in [4.69, 9.17) is 4.74 Å². The summed E-state index contributed by atoms with van der Waals surface area (Å²) in [5.41, 5.74) is 0.550. The summed E-state index contributed by atoms with van der Waals surface area (Å²) in [4.78, 5) is 11.7. The van der Waals surface area contributed by atoms with Crippen LogP contribution in [0.5, 0.6) is 0 Å². The highest BCUT2D eigenvalue weighted by Crippen LogP contribution is 2.19. The molecule has 86 valence electrons. The Morgan fingerprint density at radius 2 is 2.31 bits per heavy atom. The van der Waals surface area contributed by atoms with Crippen molar-refractivity contribution in [3.63, 3.8) is 0 Å². The molecule has 0 atom stereocenters. The molecule has 1 aliphatic carbocycles. The van der Waals surface area contributed by atoms with E-state index in [2.05, 4.69) is 39.8 Å². The second-order valence-corrected chi connectivity index (χ2v) is 4.90. The zero-order valence-electron chi connectivity index (χ0n) is 9.02. The fraction of sp³-hybridized carbons (Fsp3) is 0.455. The lowest BCUT2D eigenvalue weighted by Gasteiger charge is -2.09. The van der Waals surface area contributed by atoms with Crippen molar-refractivity contribution >= 4 is 28.6 Å².